The number of benzene rings is 2. The molecule has 0 unspecified atom stereocenters. The van der Waals surface area contributed by atoms with Crippen molar-refractivity contribution in [1.82, 2.24) is 0 Å². The molecule has 0 bridgehead atoms. The molecular weight excluding hydrogens is 328 g/mol. The lowest BCUT2D eigenvalue weighted by Crippen LogP contribution is -2.03. The minimum atomic E-state index is -0.331. The molecule has 2 rings (SSSR count). The van der Waals surface area contributed by atoms with E-state index < -0.39 is 0 Å². The smallest absolute Gasteiger partial charge is 0.338 e. The fraction of sp³-hybridized carbons (Fsp3) is 0.381. The van der Waals surface area contributed by atoms with Crippen molar-refractivity contribution in [2.75, 3.05) is 13.2 Å². The summed E-state index contributed by atoms with van der Waals surface area (Å²) < 4.78 is 4.95. The van der Waals surface area contributed by atoms with Crippen LogP contribution in [-0.4, -0.2) is 24.3 Å². The Morgan fingerprint density at radius 1 is 0.885 bits per heavy atom. The van der Waals surface area contributed by atoms with Gasteiger partial charge in [-0.15, -0.1) is 0 Å². The molecule has 2 aromatic rings. The maximum absolute atomic E-state index is 11.6. The highest BCUT2D eigenvalue weighted by atomic mass is 16.5. The van der Waals surface area contributed by atoms with Gasteiger partial charge in [0.05, 0.1) is 23.5 Å². The number of carbonyl (C=O) groups excluding carboxylic acids is 1. The van der Waals surface area contributed by atoms with Gasteiger partial charge < -0.3 is 9.84 Å². The highest BCUT2D eigenvalue weighted by Gasteiger charge is 2.05. The monoisotopic (exact) mass is 354 g/mol. The van der Waals surface area contributed by atoms with E-state index in [0.29, 0.717) is 17.9 Å². The van der Waals surface area contributed by atoms with E-state index in [1.807, 2.05) is 12.1 Å². The van der Waals surface area contributed by atoms with Crippen molar-refractivity contribution < 1.29 is 14.6 Å². The van der Waals surface area contributed by atoms with E-state index in [9.17, 15) is 4.79 Å². The third kappa shape index (κ3) is 6.76. The molecule has 0 amide bonds. The molecule has 0 heterocycles. The number of hydrogen-bond acceptors (Lipinski definition) is 5. The Bertz CT molecular complexity index is 694. The Hall–Kier alpha value is -2.53. The van der Waals surface area contributed by atoms with Crippen LogP contribution in [0.3, 0.4) is 0 Å². The summed E-state index contributed by atoms with van der Waals surface area (Å²) in [7, 11) is 0. The first-order valence-electron chi connectivity index (χ1n) is 9.11. The van der Waals surface area contributed by atoms with E-state index in [-0.39, 0.29) is 12.6 Å². The van der Waals surface area contributed by atoms with Gasteiger partial charge in [-0.25, -0.2) is 4.79 Å². The summed E-state index contributed by atoms with van der Waals surface area (Å²) in [5.41, 5.74) is 3.27. The van der Waals surface area contributed by atoms with E-state index in [1.165, 1.54) is 5.56 Å². The van der Waals surface area contributed by atoms with Crippen molar-refractivity contribution in [3.63, 3.8) is 0 Å². The predicted molar refractivity (Wildman–Crippen MR) is 102 cm³/mol. The molecule has 0 atom stereocenters. The van der Waals surface area contributed by atoms with Gasteiger partial charge in [0.1, 0.15) is 0 Å². The van der Waals surface area contributed by atoms with Crippen LogP contribution in [0, 0.1) is 0 Å². The second-order valence-electron chi connectivity index (χ2n) is 6.02. The van der Waals surface area contributed by atoms with Gasteiger partial charge in [-0.05, 0) is 68.1 Å². The summed E-state index contributed by atoms with van der Waals surface area (Å²) >= 11 is 0. The van der Waals surface area contributed by atoms with E-state index in [2.05, 4.69) is 22.4 Å². The number of aliphatic hydroxyl groups is 1. The standard InChI is InChI=1S/C21H26N2O3/c1-2-26-21(25)18-10-14-20(15-11-18)23-22-19-12-8-17(9-13-19)7-5-3-4-6-16-24/h8-15,24H,2-7,16H2,1H3. The van der Waals surface area contributed by atoms with E-state index in [4.69, 9.17) is 9.84 Å². The summed E-state index contributed by atoms with van der Waals surface area (Å²) in [5, 5.41) is 17.2. The maximum Gasteiger partial charge on any atom is 0.338 e. The lowest BCUT2D eigenvalue weighted by Gasteiger charge is -2.02. The third-order valence-electron chi connectivity index (χ3n) is 3.97. The summed E-state index contributed by atoms with van der Waals surface area (Å²) in [5.74, 6) is -0.331. The quantitative estimate of drug-likeness (QED) is 0.354. The van der Waals surface area contributed by atoms with Gasteiger partial charge in [-0.1, -0.05) is 25.0 Å². The van der Waals surface area contributed by atoms with Crippen LogP contribution in [0.15, 0.2) is 58.8 Å². The lowest BCUT2D eigenvalue weighted by atomic mass is 10.1. The number of aliphatic hydroxyl groups excluding tert-OH is 1. The zero-order chi connectivity index (χ0) is 18.6. The van der Waals surface area contributed by atoms with Gasteiger partial charge in [0.15, 0.2) is 0 Å². The van der Waals surface area contributed by atoms with Gasteiger partial charge in [-0.3, -0.25) is 0 Å². The van der Waals surface area contributed by atoms with E-state index in [1.54, 1.807) is 31.2 Å². The number of hydrogen-bond donors (Lipinski definition) is 1. The van der Waals surface area contributed by atoms with Crippen LogP contribution in [0.4, 0.5) is 11.4 Å². The molecule has 26 heavy (non-hydrogen) atoms. The molecule has 0 aromatic heterocycles. The average molecular weight is 354 g/mol. The Balaban J connectivity index is 1.85. The second-order valence-corrected chi connectivity index (χ2v) is 6.02. The summed E-state index contributed by atoms with van der Waals surface area (Å²) in [4.78, 5) is 11.6. The fourth-order valence-corrected chi connectivity index (χ4v) is 2.52. The van der Waals surface area contributed by atoms with Crippen molar-refractivity contribution >= 4 is 17.3 Å². The molecule has 0 aliphatic heterocycles. The summed E-state index contributed by atoms with van der Waals surface area (Å²) in [6, 6.07) is 14.9. The molecule has 0 saturated heterocycles. The first-order chi connectivity index (χ1) is 12.7. The second kappa shape index (κ2) is 11.2. The molecule has 0 fully saturated rings. The first kappa shape index (κ1) is 19.8. The molecule has 5 heteroatoms. The van der Waals surface area contributed by atoms with Crippen LogP contribution in [0.2, 0.25) is 0 Å². The average Bonchev–Trinajstić information content (AvgIpc) is 2.68. The number of esters is 1. The zero-order valence-corrected chi connectivity index (χ0v) is 15.2. The Labute approximate surface area is 154 Å². The van der Waals surface area contributed by atoms with Crippen molar-refractivity contribution in [3.8, 4) is 0 Å². The van der Waals surface area contributed by atoms with Gasteiger partial charge in [0.2, 0.25) is 0 Å². The van der Waals surface area contributed by atoms with Crippen molar-refractivity contribution in [1.29, 1.82) is 0 Å². The molecule has 0 radical (unpaired) electrons. The number of ether oxygens (including phenoxy) is 1. The van der Waals surface area contributed by atoms with Crippen LogP contribution in [0.25, 0.3) is 0 Å². The fourth-order valence-electron chi connectivity index (χ4n) is 2.52. The van der Waals surface area contributed by atoms with Crippen LogP contribution >= 0.6 is 0 Å². The van der Waals surface area contributed by atoms with Gasteiger partial charge >= 0.3 is 5.97 Å². The molecule has 1 N–H and O–H groups in total. The minimum Gasteiger partial charge on any atom is -0.462 e. The van der Waals surface area contributed by atoms with Crippen LogP contribution < -0.4 is 0 Å². The largest absolute Gasteiger partial charge is 0.462 e. The van der Waals surface area contributed by atoms with E-state index in [0.717, 1.165) is 37.8 Å². The number of azo groups is 1. The molecule has 0 spiro atoms. The first-order valence-corrected chi connectivity index (χ1v) is 9.11. The van der Waals surface area contributed by atoms with Crippen LogP contribution in [0.1, 0.15) is 48.5 Å². The Morgan fingerprint density at radius 3 is 2.04 bits per heavy atom. The molecule has 5 nitrogen and oxygen atoms in total. The Morgan fingerprint density at radius 2 is 1.46 bits per heavy atom. The summed E-state index contributed by atoms with van der Waals surface area (Å²) in [6.45, 7) is 2.42. The zero-order valence-electron chi connectivity index (χ0n) is 15.2. The SMILES string of the molecule is CCOC(=O)c1ccc(N=Nc2ccc(CCCCCCO)cc2)cc1. The van der Waals surface area contributed by atoms with Crippen molar-refractivity contribution in [2.45, 2.75) is 39.0 Å². The maximum atomic E-state index is 11.6. The van der Waals surface area contributed by atoms with Gasteiger partial charge in [-0.2, -0.15) is 10.2 Å². The number of unbranched alkanes of at least 4 members (excludes halogenated alkanes) is 3. The highest BCUT2D eigenvalue weighted by Crippen LogP contribution is 2.20. The minimum absolute atomic E-state index is 0.283. The van der Waals surface area contributed by atoms with Gasteiger partial charge in [0, 0.05) is 6.61 Å². The van der Waals surface area contributed by atoms with Gasteiger partial charge in [0.25, 0.3) is 0 Å². The molecule has 0 saturated carbocycles. The highest BCUT2D eigenvalue weighted by molar-refractivity contribution is 5.89. The number of aryl methyl sites for hydroxylation is 1. The number of rotatable bonds is 10. The number of nitrogens with zero attached hydrogens (tertiary/aromatic N) is 2. The molecule has 0 aliphatic rings. The normalized spacial score (nSPS) is 11.0. The van der Waals surface area contributed by atoms with Crippen LogP contribution in [-0.2, 0) is 11.2 Å². The van der Waals surface area contributed by atoms with Crippen molar-refractivity contribution in [2.24, 2.45) is 10.2 Å². The third-order valence-corrected chi connectivity index (χ3v) is 3.97. The number of carbonyl (C=O) groups is 1. The predicted octanol–water partition coefficient (Wildman–Crippen LogP) is 5.37. The summed E-state index contributed by atoms with van der Waals surface area (Å²) in [6.07, 6.45) is 5.29. The molecule has 138 valence electrons. The lowest BCUT2D eigenvalue weighted by molar-refractivity contribution is 0.0526. The van der Waals surface area contributed by atoms with E-state index >= 15 is 0 Å². The topological polar surface area (TPSA) is 71.2 Å². The Kier molecular flexibility index (Phi) is 8.49. The van der Waals surface area contributed by atoms with Crippen molar-refractivity contribution in [3.05, 3.63) is 59.7 Å². The van der Waals surface area contributed by atoms with Crippen LogP contribution in [0.5, 0.6) is 0 Å². The molecule has 0 aliphatic carbocycles. The molecule has 2 aromatic carbocycles. The molecular formula is C21H26N2O3.